The fourth-order valence-corrected chi connectivity index (χ4v) is 4.60. The molecule has 0 unspecified atom stereocenters. The summed E-state index contributed by atoms with van der Waals surface area (Å²) >= 11 is 0. The highest BCUT2D eigenvalue weighted by Gasteiger charge is 2.33. The molecule has 0 aromatic heterocycles. The minimum atomic E-state index is -3.36. The fourth-order valence-electron chi connectivity index (χ4n) is 3.04. The van der Waals surface area contributed by atoms with Crippen molar-refractivity contribution in [2.24, 2.45) is 0 Å². The summed E-state index contributed by atoms with van der Waals surface area (Å²) < 4.78 is 38.9. The van der Waals surface area contributed by atoms with Crippen molar-refractivity contribution >= 4 is 10.2 Å². The largest absolute Gasteiger partial charge is 0.501 e. The molecule has 129 valence electrons. The van der Waals surface area contributed by atoms with Crippen LogP contribution in [0.25, 0.3) is 0 Å². The van der Waals surface area contributed by atoms with Crippen LogP contribution in [0.2, 0.25) is 0 Å². The molecule has 2 saturated heterocycles. The van der Waals surface area contributed by atoms with Gasteiger partial charge in [0.1, 0.15) is 5.76 Å². The van der Waals surface area contributed by atoms with Crippen molar-refractivity contribution in [2.75, 3.05) is 59.6 Å². The molecule has 23 heavy (non-hydrogen) atoms. The number of methoxy groups -OCH3 is 1. The topological polar surface area (TPSA) is 62.3 Å². The molecular formula is C15H24N3O4S. The second-order valence-corrected chi connectivity index (χ2v) is 7.65. The molecule has 3 aliphatic rings. The van der Waals surface area contributed by atoms with Crippen LogP contribution < -0.4 is 0 Å². The molecule has 0 bridgehead atoms. The Morgan fingerprint density at radius 2 is 1.70 bits per heavy atom. The van der Waals surface area contributed by atoms with E-state index in [0.717, 1.165) is 17.9 Å². The quantitative estimate of drug-likeness (QED) is 0.731. The summed E-state index contributed by atoms with van der Waals surface area (Å²) in [4.78, 5) is 2.22. The van der Waals surface area contributed by atoms with E-state index in [0.29, 0.717) is 52.5 Å². The van der Waals surface area contributed by atoms with Gasteiger partial charge in [-0.3, -0.25) is 0 Å². The zero-order chi connectivity index (χ0) is 16.3. The standard InChI is InChI=1S/C15H24N3O4S/c1-21-15-4-2-3-14(13-15)16-5-7-17(8-6-16)23(19,20)18-9-11-22-12-10-18/h3-4,13H,2,5-12H2,1H3. The third-order valence-corrected chi connectivity index (χ3v) is 6.43. The van der Waals surface area contributed by atoms with Crippen molar-refractivity contribution in [3.05, 3.63) is 30.0 Å². The lowest BCUT2D eigenvalue weighted by atomic mass is 10.1. The zero-order valence-electron chi connectivity index (χ0n) is 13.5. The number of hydrogen-bond acceptors (Lipinski definition) is 5. The Labute approximate surface area is 138 Å². The highest BCUT2D eigenvalue weighted by atomic mass is 32.2. The van der Waals surface area contributed by atoms with Gasteiger partial charge < -0.3 is 14.4 Å². The summed E-state index contributed by atoms with van der Waals surface area (Å²) in [7, 11) is -1.70. The minimum Gasteiger partial charge on any atom is -0.501 e. The molecule has 8 heteroatoms. The number of piperazine rings is 1. The van der Waals surface area contributed by atoms with E-state index in [1.807, 2.05) is 12.5 Å². The maximum atomic E-state index is 12.6. The van der Waals surface area contributed by atoms with Gasteiger partial charge in [0.05, 0.1) is 20.3 Å². The summed E-state index contributed by atoms with van der Waals surface area (Å²) in [6, 6.07) is 0. The second kappa shape index (κ2) is 7.21. The van der Waals surface area contributed by atoms with E-state index in [2.05, 4.69) is 11.0 Å². The number of ether oxygens (including phenoxy) is 2. The molecule has 0 N–H and O–H groups in total. The summed E-state index contributed by atoms with van der Waals surface area (Å²) in [6.45, 7) is 4.27. The molecule has 0 amide bonds. The number of morpholine rings is 1. The molecule has 3 rings (SSSR count). The van der Waals surface area contributed by atoms with Gasteiger partial charge in [-0.15, -0.1) is 0 Å². The maximum absolute atomic E-state index is 12.6. The van der Waals surface area contributed by atoms with E-state index >= 15 is 0 Å². The Balaban J connectivity index is 1.60. The highest BCUT2D eigenvalue weighted by Crippen LogP contribution is 2.22. The van der Waals surface area contributed by atoms with Gasteiger partial charge in [0.25, 0.3) is 10.2 Å². The molecule has 1 radical (unpaired) electrons. The first-order valence-corrected chi connectivity index (χ1v) is 9.38. The van der Waals surface area contributed by atoms with Gasteiger partial charge in [-0.25, -0.2) is 0 Å². The normalized spacial score (nSPS) is 25.0. The maximum Gasteiger partial charge on any atom is 0.282 e. The highest BCUT2D eigenvalue weighted by molar-refractivity contribution is 7.86. The van der Waals surface area contributed by atoms with Crippen molar-refractivity contribution in [1.82, 2.24) is 13.5 Å². The van der Waals surface area contributed by atoms with Crippen LogP contribution in [0, 0.1) is 6.42 Å². The average Bonchev–Trinajstić information content (AvgIpc) is 2.62. The number of nitrogens with zero attached hydrogens (tertiary/aromatic N) is 3. The molecule has 0 saturated carbocycles. The number of allylic oxidation sites excluding steroid dienone is 3. The van der Waals surface area contributed by atoms with Crippen molar-refractivity contribution in [1.29, 1.82) is 0 Å². The van der Waals surface area contributed by atoms with Crippen molar-refractivity contribution in [2.45, 2.75) is 6.42 Å². The molecule has 2 heterocycles. The number of rotatable bonds is 4. The van der Waals surface area contributed by atoms with Crippen LogP contribution in [-0.4, -0.2) is 81.5 Å². The fraction of sp³-hybridized carbons (Fsp3) is 0.667. The van der Waals surface area contributed by atoms with Crippen LogP contribution in [0.4, 0.5) is 0 Å². The smallest absolute Gasteiger partial charge is 0.282 e. The second-order valence-electron chi connectivity index (χ2n) is 5.72. The van der Waals surface area contributed by atoms with E-state index < -0.39 is 10.2 Å². The summed E-state index contributed by atoms with van der Waals surface area (Å²) in [5, 5.41) is 0. The van der Waals surface area contributed by atoms with Crippen molar-refractivity contribution in [3.63, 3.8) is 0 Å². The van der Waals surface area contributed by atoms with Crippen LogP contribution in [0.1, 0.15) is 6.42 Å². The molecule has 0 spiro atoms. The lowest BCUT2D eigenvalue weighted by Crippen LogP contribution is -2.54. The van der Waals surface area contributed by atoms with Crippen LogP contribution in [0.5, 0.6) is 0 Å². The van der Waals surface area contributed by atoms with Gasteiger partial charge >= 0.3 is 0 Å². The van der Waals surface area contributed by atoms with Gasteiger partial charge in [0.15, 0.2) is 0 Å². The SMILES string of the molecule is COC1=CC(N2CCN(S(=O)(=O)N3CCOCC3)CC2)=CC[CH]1. The van der Waals surface area contributed by atoms with E-state index in [1.165, 1.54) is 4.31 Å². The predicted molar refractivity (Wildman–Crippen MR) is 86.5 cm³/mol. The van der Waals surface area contributed by atoms with Crippen LogP contribution in [0.15, 0.2) is 23.6 Å². The van der Waals surface area contributed by atoms with Gasteiger partial charge in [0, 0.05) is 51.4 Å². The van der Waals surface area contributed by atoms with Crippen LogP contribution in [0.3, 0.4) is 0 Å². The minimum absolute atomic E-state index is 0.448. The molecule has 0 aromatic rings. The van der Waals surface area contributed by atoms with Crippen LogP contribution in [-0.2, 0) is 19.7 Å². The first-order chi connectivity index (χ1) is 11.1. The first-order valence-electron chi connectivity index (χ1n) is 7.98. The Bertz CT molecular complexity index is 574. The molecule has 2 aliphatic heterocycles. The Hall–Kier alpha value is -1.09. The molecule has 7 nitrogen and oxygen atoms in total. The predicted octanol–water partition coefficient (Wildman–Crippen LogP) is 0.203. The van der Waals surface area contributed by atoms with Gasteiger partial charge in [0.2, 0.25) is 0 Å². The summed E-state index contributed by atoms with van der Waals surface area (Å²) in [6.07, 6.45) is 7.04. The molecule has 1 aliphatic carbocycles. The summed E-state index contributed by atoms with van der Waals surface area (Å²) in [5.41, 5.74) is 1.12. The lowest BCUT2D eigenvalue weighted by molar-refractivity contribution is 0.0690. The molecule has 0 atom stereocenters. The third kappa shape index (κ3) is 3.71. The Morgan fingerprint density at radius 1 is 1.04 bits per heavy atom. The van der Waals surface area contributed by atoms with Gasteiger partial charge in [-0.1, -0.05) is 6.08 Å². The summed E-state index contributed by atoms with van der Waals surface area (Å²) in [5.74, 6) is 0.867. The third-order valence-electron chi connectivity index (χ3n) is 4.40. The number of hydrogen-bond donors (Lipinski definition) is 0. The monoisotopic (exact) mass is 342 g/mol. The van der Waals surface area contributed by atoms with Gasteiger partial charge in [-0.2, -0.15) is 17.0 Å². The van der Waals surface area contributed by atoms with E-state index in [-0.39, 0.29) is 0 Å². The molecule has 2 fully saturated rings. The average molecular weight is 342 g/mol. The molecule has 0 aromatic carbocycles. The zero-order valence-corrected chi connectivity index (χ0v) is 14.3. The van der Waals surface area contributed by atoms with Gasteiger partial charge in [-0.05, 0) is 12.5 Å². The van der Waals surface area contributed by atoms with Crippen molar-refractivity contribution < 1.29 is 17.9 Å². The molecular weight excluding hydrogens is 318 g/mol. The Kier molecular flexibility index (Phi) is 5.25. The Morgan fingerprint density at radius 3 is 2.35 bits per heavy atom. The van der Waals surface area contributed by atoms with E-state index in [9.17, 15) is 8.42 Å². The lowest BCUT2D eigenvalue weighted by Gasteiger charge is -2.39. The van der Waals surface area contributed by atoms with Crippen molar-refractivity contribution in [3.8, 4) is 0 Å². The van der Waals surface area contributed by atoms with E-state index in [1.54, 1.807) is 11.4 Å². The van der Waals surface area contributed by atoms with Crippen LogP contribution >= 0.6 is 0 Å². The van der Waals surface area contributed by atoms with E-state index in [4.69, 9.17) is 9.47 Å². The first kappa shape index (κ1) is 16.8.